The van der Waals surface area contributed by atoms with Crippen molar-refractivity contribution in [1.29, 1.82) is 0 Å². The van der Waals surface area contributed by atoms with E-state index in [0.29, 0.717) is 37.8 Å². The van der Waals surface area contributed by atoms with Gasteiger partial charge < -0.3 is 10.4 Å². The molecule has 0 atom stereocenters. The van der Waals surface area contributed by atoms with Crippen LogP contribution in [0.25, 0.3) is 0 Å². The second kappa shape index (κ2) is 7.02. The number of benzene rings is 1. The lowest BCUT2D eigenvalue weighted by Gasteiger charge is -2.27. The van der Waals surface area contributed by atoms with E-state index in [-0.39, 0.29) is 6.42 Å². The molecule has 2 N–H and O–H groups in total. The molecule has 0 saturated heterocycles. The van der Waals surface area contributed by atoms with E-state index in [1.807, 2.05) is 0 Å². The minimum atomic E-state index is -1.36. The summed E-state index contributed by atoms with van der Waals surface area (Å²) in [5.74, 6) is -5.53. The second-order valence-electron chi connectivity index (χ2n) is 5.97. The molecular weight excluding hydrogens is 311 g/mol. The number of carbonyl (C=O) groups excluding carboxylic acids is 1. The van der Waals surface area contributed by atoms with E-state index in [1.165, 1.54) is 0 Å². The lowest BCUT2D eigenvalue weighted by Crippen LogP contribution is -2.35. The highest BCUT2D eigenvalue weighted by molar-refractivity contribution is 5.94. The van der Waals surface area contributed by atoms with E-state index in [1.54, 1.807) is 0 Å². The molecule has 2 rings (SSSR count). The maximum Gasteiger partial charge on any atom is 0.310 e. The first-order chi connectivity index (χ1) is 10.8. The van der Waals surface area contributed by atoms with Crippen molar-refractivity contribution >= 4 is 17.6 Å². The number of carboxylic acid groups (broad SMARTS) is 1. The SMILES string of the molecule is O=C(CC1(C(=O)O)CCCCCC1)Nc1cc(F)c(F)cc1F. The highest BCUT2D eigenvalue weighted by atomic mass is 19.2. The fourth-order valence-electron chi connectivity index (χ4n) is 2.99. The van der Waals surface area contributed by atoms with E-state index in [9.17, 15) is 27.9 Å². The van der Waals surface area contributed by atoms with Crippen LogP contribution >= 0.6 is 0 Å². The van der Waals surface area contributed by atoms with Gasteiger partial charge in [-0.2, -0.15) is 0 Å². The van der Waals surface area contributed by atoms with Gasteiger partial charge in [-0.3, -0.25) is 9.59 Å². The number of carbonyl (C=O) groups is 2. The number of amides is 1. The number of hydrogen-bond acceptors (Lipinski definition) is 2. The number of halogens is 3. The summed E-state index contributed by atoms with van der Waals surface area (Å²) in [5, 5.41) is 11.6. The predicted molar refractivity (Wildman–Crippen MR) is 77.3 cm³/mol. The van der Waals surface area contributed by atoms with Gasteiger partial charge in [-0.25, -0.2) is 13.2 Å². The molecule has 0 spiro atoms. The zero-order valence-electron chi connectivity index (χ0n) is 12.5. The molecule has 1 aromatic carbocycles. The fourth-order valence-corrected chi connectivity index (χ4v) is 2.99. The Morgan fingerprint density at radius 1 is 1.00 bits per heavy atom. The zero-order chi connectivity index (χ0) is 17.0. The van der Waals surface area contributed by atoms with Gasteiger partial charge in [0, 0.05) is 18.6 Å². The molecule has 7 heteroatoms. The second-order valence-corrected chi connectivity index (χ2v) is 5.97. The molecule has 1 fully saturated rings. The van der Waals surface area contributed by atoms with Crippen molar-refractivity contribution in [1.82, 2.24) is 0 Å². The third-order valence-corrected chi connectivity index (χ3v) is 4.30. The van der Waals surface area contributed by atoms with Gasteiger partial charge in [0.1, 0.15) is 5.82 Å². The highest BCUT2D eigenvalue weighted by Crippen LogP contribution is 2.38. The van der Waals surface area contributed by atoms with Crippen molar-refractivity contribution in [2.45, 2.75) is 44.9 Å². The Hall–Kier alpha value is -2.05. The molecule has 0 aliphatic heterocycles. The first kappa shape index (κ1) is 17.3. The fraction of sp³-hybridized carbons (Fsp3) is 0.500. The number of hydrogen-bond donors (Lipinski definition) is 2. The molecule has 4 nitrogen and oxygen atoms in total. The molecule has 126 valence electrons. The Morgan fingerprint density at radius 3 is 2.13 bits per heavy atom. The predicted octanol–water partition coefficient (Wildman–Crippen LogP) is 3.86. The van der Waals surface area contributed by atoms with Gasteiger partial charge in [0.15, 0.2) is 11.6 Å². The molecule has 0 bridgehead atoms. The van der Waals surface area contributed by atoms with Gasteiger partial charge in [0.2, 0.25) is 5.91 Å². The molecule has 23 heavy (non-hydrogen) atoms. The monoisotopic (exact) mass is 329 g/mol. The maximum absolute atomic E-state index is 13.6. The van der Waals surface area contributed by atoms with Crippen molar-refractivity contribution in [2.75, 3.05) is 5.32 Å². The van der Waals surface area contributed by atoms with Crippen LogP contribution < -0.4 is 5.32 Å². The molecule has 1 aliphatic carbocycles. The Morgan fingerprint density at radius 2 is 1.57 bits per heavy atom. The molecule has 1 amide bonds. The highest BCUT2D eigenvalue weighted by Gasteiger charge is 2.40. The van der Waals surface area contributed by atoms with E-state index < -0.39 is 40.4 Å². The van der Waals surface area contributed by atoms with Crippen molar-refractivity contribution in [3.63, 3.8) is 0 Å². The maximum atomic E-state index is 13.6. The average molecular weight is 329 g/mol. The van der Waals surface area contributed by atoms with Crippen LogP contribution in [0, 0.1) is 22.9 Å². The van der Waals surface area contributed by atoms with Crippen molar-refractivity contribution in [3.8, 4) is 0 Å². The molecule has 0 unspecified atom stereocenters. The molecule has 1 aliphatic rings. The van der Waals surface area contributed by atoms with Crippen molar-refractivity contribution < 1.29 is 27.9 Å². The van der Waals surface area contributed by atoms with Crippen molar-refractivity contribution in [3.05, 3.63) is 29.6 Å². The van der Waals surface area contributed by atoms with Crippen molar-refractivity contribution in [2.24, 2.45) is 5.41 Å². The first-order valence-electron chi connectivity index (χ1n) is 7.52. The molecule has 1 aromatic rings. The summed E-state index contributed by atoms with van der Waals surface area (Å²) < 4.78 is 39.6. The van der Waals surface area contributed by atoms with E-state index >= 15 is 0 Å². The lowest BCUT2D eigenvalue weighted by molar-refractivity contribution is -0.152. The lowest BCUT2D eigenvalue weighted by atomic mass is 9.77. The topological polar surface area (TPSA) is 66.4 Å². The summed E-state index contributed by atoms with van der Waals surface area (Å²) in [6.45, 7) is 0. The van der Waals surface area contributed by atoms with Crippen LogP contribution in [-0.2, 0) is 9.59 Å². The number of aliphatic carboxylic acids is 1. The zero-order valence-corrected chi connectivity index (χ0v) is 12.5. The molecule has 0 heterocycles. The van der Waals surface area contributed by atoms with Crippen LogP contribution in [0.4, 0.5) is 18.9 Å². The molecule has 0 radical (unpaired) electrons. The summed E-state index contributed by atoms with van der Waals surface area (Å²) in [7, 11) is 0. The summed E-state index contributed by atoms with van der Waals surface area (Å²) in [6.07, 6.45) is 3.66. The number of anilines is 1. The van der Waals surface area contributed by atoms with Gasteiger partial charge >= 0.3 is 5.97 Å². The minimum Gasteiger partial charge on any atom is -0.481 e. The van der Waals surface area contributed by atoms with Crippen LogP contribution in [0.3, 0.4) is 0 Å². The molecular formula is C16H18F3NO3. The Kier molecular flexibility index (Phi) is 5.28. The Balaban J connectivity index is 2.13. The van der Waals surface area contributed by atoms with E-state index in [4.69, 9.17) is 0 Å². The standard InChI is InChI=1S/C16H18F3NO3/c17-10-7-12(19)13(8-11(10)18)20-14(21)9-16(15(22)23)5-3-1-2-4-6-16/h7-8H,1-6,9H2,(H,20,21)(H,22,23). The average Bonchev–Trinajstić information content (AvgIpc) is 2.71. The largest absolute Gasteiger partial charge is 0.481 e. The summed E-state index contributed by atoms with van der Waals surface area (Å²) in [4.78, 5) is 23.7. The minimum absolute atomic E-state index is 0.319. The summed E-state index contributed by atoms with van der Waals surface area (Å²) in [5.41, 5.74) is -1.68. The van der Waals surface area contributed by atoms with E-state index in [0.717, 1.165) is 12.8 Å². The molecule has 1 saturated carbocycles. The van der Waals surface area contributed by atoms with Gasteiger partial charge in [0.05, 0.1) is 11.1 Å². The van der Waals surface area contributed by atoms with Crippen LogP contribution in [0.1, 0.15) is 44.9 Å². The normalized spacial score (nSPS) is 17.3. The van der Waals surface area contributed by atoms with Gasteiger partial charge in [-0.05, 0) is 12.8 Å². The smallest absolute Gasteiger partial charge is 0.310 e. The third kappa shape index (κ3) is 4.03. The number of carboxylic acids is 1. The number of rotatable bonds is 4. The third-order valence-electron chi connectivity index (χ3n) is 4.30. The van der Waals surface area contributed by atoms with Crippen LogP contribution in [0.2, 0.25) is 0 Å². The first-order valence-corrected chi connectivity index (χ1v) is 7.52. The van der Waals surface area contributed by atoms with Crippen LogP contribution in [-0.4, -0.2) is 17.0 Å². The summed E-state index contributed by atoms with van der Waals surface area (Å²) in [6, 6.07) is 0.882. The molecule has 0 aromatic heterocycles. The number of nitrogens with one attached hydrogen (secondary N) is 1. The Bertz CT molecular complexity index is 611. The van der Waals surface area contributed by atoms with Gasteiger partial charge in [0.25, 0.3) is 0 Å². The van der Waals surface area contributed by atoms with Crippen LogP contribution in [0.5, 0.6) is 0 Å². The van der Waals surface area contributed by atoms with Gasteiger partial charge in [-0.15, -0.1) is 0 Å². The Labute approximate surface area is 131 Å². The van der Waals surface area contributed by atoms with E-state index in [2.05, 4.69) is 5.32 Å². The quantitative estimate of drug-likeness (QED) is 0.651. The van der Waals surface area contributed by atoms with Crippen LogP contribution in [0.15, 0.2) is 12.1 Å². The van der Waals surface area contributed by atoms with Gasteiger partial charge in [-0.1, -0.05) is 25.7 Å². The summed E-state index contributed by atoms with van der Waals surface area (Å²) >= 11 is 0.